The van der Waals surface area contributed by atoms with Gasteiger partial charge in [-0.05, 0) is 36.2 Å². The summed E-state index contributed by atoms with van der Waals surface area (Å²) >= 11 is 0. The van der Waals surface area contributed by atoms with Crippen LogP contribution in [0.2, 0.25) is 0 Å². The van der Waals surface area contributed by atoms with Crippen LogP contribution >= 0.6 is 0 Å². The van der Waals surface area contributed by atoms with E-state index in [1.807, 2.05) is 30.3 Å². The van der Waals surface area contributed by atoms with Crippen molar-refractivity contribution in [3.05, 3.63) is 72.1 Å². The molecule has 0 unspecified atom stereocenters. The normalized spacial score (nSPS) is 10.6. The third kappa shape index (κ3) is 2.91. The van der Waals surface area contributed by atoms with Gasteiger partial charge in [-0.25, -0.2) is 14.1 Å². The molecule has 0 aliphatic carbocycles. The fraction of sp³-hybridized carbons (Fsp3) is 0.125. The lowest BCUT2D eigenvalue weighted by atomic mass is 10.1. The molecule has 0 spiro atoms. The molecule has 0 radical (unpaired) electrons. The van der Waals surface area contributed by atoms with Gasteiger partial charge in [0.2, 0.25) is 0 Å². The molecule has 4 nitrogen and oxygen atoms in total. The number of aryl methyl sites for hydroxylation is 1. The first-order valence-corrected chi connectivity index (χ1v) is 6.67. The second-order valence-electron chi connectivity index (χ2n) is 4.79. The molecule has 0 saturated heterocycles. The van der Waals surface area contributed by atoms with Crippen LogP contribution in [0.4, 0.5) is 10.1 Å². The van der Waals surface area contributed by atoms with Gasteiger partial charge in [-0.2, -0.15) is 5.10 Å². The van der Waals surface area contributed by atoms with Gasteiger partial charge in [-0.1, -0.05) is 24.3 Å². The molecule has 5 heteroatoms. The Kier molecular flexibility index (Phi) is 3.64. The Bertz CT molecular complexity index is 738. The summed E-state index contributed by atoms with van der Waals surface area (Å²) in [6.07, 6.45) is 3.14. The molecule has 2 aromatic carbocycles. The topological polar surface area (TPSA) is 42.7 Å². The molecular weight excluding hydrogens is 267 g/mol. The highest BCUT2D eigenvalue weighted by Crippen LogP contribution is 2.20. The molecule has 0 aliphatic rings. The van der Waals surface area contributed by atoms with Gasteiger partial charge in [0.05, 0.1) is 11.4 Å². The molecule has 0 saturated carbocycles. The minimum absolute atomic E-state index is 0.182. The summed E-state index contributed by atoms with van der Waals surface area (Å²) in [6.45, 7) is 2.30. The van der Waals surface area contributed by atoms with E-state index in [1.54, 1.807) is 30.1 Å². The van der Waals surface area contributed by atoms with E-state index >= 15 is 0 Å². The Balaban J connectivity index is 1.81. The summed E-state index contributed by atoms with van der Waals surface area (Å²) in [7, 11) is 0. The summed E-state index contributed by atoms with van der Waals surface area (Å²) in [4.78, 5) is 3.95. The number of aromatic nitrogens is 3. The summed E-state index contributed by atoms with van der Waals surface area (Å²) in [5.41, 5.74) is 3.37. The number of para-hydroxylation sites is 2. The molecule has 0 bridgehead atoms. The maximum absolute atomic E-state index is 13.6. The number of nitrogens with zero attached hydrogens (tertiary/aromatic N) is 3. The van der Waals surface area contributed by atoms with E-state index in [2.05, 4.69) is 15.4 Å². The lowest BCUT2D eigenvalue weighted by Crippen LogP contribution is -2.05. The Morgan fingerprint density at radius 1 is 1.19 bits per heavy atom. The van der Waals surface area contributed by atoms with Crippen LogP contribution in [0.5, 0.6) is 0 Å². The molecule has 3 rings (SSSR count). The first-order chi connectivity index (χ1) is 10.2. The molecule has 106 valence electrons. The minimum atomic E-state index is -0.182. The molecule has 0 aliphatic heterocycles. The first kappa shape index (κ1) is 13.3. The van der Waals surface area contributed by atoms with Crippen molar-refractivity contribution < 1.29 is 4.39 Å². The number of hydrogen-bond acceptors (Lipinski definition) is 3. The SMILES string of the molecule is Cc1ccc(CNc2ccccc2-n2cncn2)cc1F. The smallest absolute Gasteiger partial charge is 0.138 e. The van der Waals surface area contributed by atoms with Crippen molar-refractivity contribution in [2.75, 3.05) is 5.32 Å². The Morgan fingerprint density at radius 2 is 2.05 bits per heavy atom. The van der Waals surface area contributed by atoms with Crippen molar-refractivity contribution in [1.82, 2.24) is 14.8 Å². The maximum Gasteiger partial charge on any atom is 0.138 e. The minimum Gasteiger partial charge on any atom is -0.379 e. The second-order valence-corrected chi connectivity index (χ2v) is 4.79. The number of anilines is 1. The zero-order valence-corrected chi connectivity index (χ0v) is 11.6. The quantitative estimate of drug-likeness (QED) is 0.798. The van der Waals surface area contributed by atoms with Crippen molar-refractivity contribution >= 4 is 5.69 Å². The van der Waals surface area contributed by atoms with Gasteiger partial charge in [0, 0.05) is 6.54 Å². The molecule has 1 heterocycles. The summed E-state index contributed by atoms with van der Waals surface area (Å²) < 4.78 is 15.2. The Morgan fingerprint density at radius 3 is 2.81 bits per heavy atom. The van der Waals surface area contributed by atoms with Crippen LogP contribution in [0.15, 0.2) is 55.1 Å². The number of nitrogens with one attached hydrogen (secondary N) is 1. The van der Waals surface area contributed by atoms with Crippen LogP contribution in [0, 0.1) is 12.7 Å². The zero-order chi connectivity index (χ0) is 14.7. The van der Waals surface area contributed by atoms with Gasteiger partial charge in [-0.3, -0.25) is 0 Å². The van der Waals surface area contributed by atoms with Crippen molar-refractivity contribution in [2.45, 2.75) is 13.5 Å². The van der Waals surface area contributed by atoms with Gasteiger partial charge < -0.3 is 5.32 Å². The fourth-order valence-corrected chi connectivity index (χ4v) is 2.10. The molecule has 1 N–H and O–H groups in total. The van der Waals surface area contributed by atoms with E-state index < -0.39 is 0 Å². The molecule has 0 fully saturated rings. The number of benzene rings is 2. The molecule has 0 atom stereocenters. The van der Waals surface area contributed by atoms with Gasteiger partial charge in [0.25, 0.3) is 0 Å². The van der Waals surface area contributed by atoms with Crippen molar-refractivity contribution in [1.29, 1.82) is 0 Å². The van der Waals surface area contributed by atoms with Gasteiger partial charge in [0.15, 0.2) is 0 Å². The number of halogens is 1. The van der Waals surface area contributed by atoms with Crippen LogP contribution in [-0.4, -0.2) is 14.8 Å². The zero-order valence-electron chi connectivity index (χ0n) is 11.6. The largest absolute Gasteiger partial charge is 0.379 e. The van der Waals surface area contributed by atoms with E-state index in [9.17, 15) is 4.39 Å². The van der Waals surface area contributed by atoms with Gasteiger partial charge in [-0.15, -0.1) is 0 Å². The third-order valence-electron chi connectivity index (χ3n) is 3.29. The average Bonchev–Trinajstić information content (AvgIpc) is 3.03. The van der Waals surface area contributed by atoms with Crippen LogP contribution in [0.25, 0.3) is 5.69 Å². The third-order valence-corrected chi connectivity index (χ3v) is 3.29. The Labute approximate surface area is 122 Å². The molecule has 1 aromatic heterocycles. The van der Waals surface area contributed by atoms with E-state index in [0.29, 0.717) is 12.1 Å². The lowest BCUT2D eigenvalue weighted by molar-refractivity contribution is 0.616. The molecule has 3 aromatic rings. The van der Waals surface area contributed by atoms with Gasteiger partial charge >= 0.3 is 0 Å². The van der Waals surface area contributed by atoms with Crippen LogP contribution in [0.3, 0.4) is 0 Å². The monoisotopic (exact) mass is 282 g/mol. The van der Waals surface area contributed by atoms with E-state index in [4.69, 9.17) is 0 Å². The summed E-state index contributed by atoms with van der Waals surface area (Å²) in [5, 5.41) is 7.44. The summed E-state index contributed by atoms with van der Waals surface area (Å²) in [5.74, 6) is -0.182. The van der Waals surface area contributed by atoms with Crippen LogP contribution in [0.1, 0.15) is 11.1 Å². The number of hydrogen-bond donors (Lipinski definition) is 1. The fourth-order valence-electron chi connectivity index (χ4n) is 2.10. The van der Waals surface area contributed by atoms with Crippen molar-refractivity contribution in [3.63, 3.8) is 0 Å². The highest BCUT2D eigenvalue weighted by molar-refractivity contribution is 5.60. The number of rotatable bonds is 4. The highest BCUT2D eigenvalue weighted by Gasteiger charge is 2.05. The standard InChI is InChI=1S/C16H15FN4/c1-12-6-7-13(8-14(12)17)9-19-15-4-2-3-5-16(15)21-11-18-10-20-21/h2-8,10-11,19H,9H2,1H3. The van der Waals surface area contributed by atoms with Crippen LogP contribution < -0.4 is 5.32 Å². The van der Waals surface area contributed by atoms with E-state index in [0.717, 1.165) is 16.9 Å². The Hall–Kier alpha value is -2.69. The van der Waals surface area contributed by atoms with Crippen LogP contribution in [-0.2, 0) is 6.54 Å². The second kappa shape index (κ2) is 5.75. The highest BCUT2D eigenvalue weighted by atomic mass is 19.1. The van der Waals surface area contributed by atoms with E-state index in [-0.39, 0.29) is 5.82 Å². The van der Waals surface area contributed by atoms with E-state index in [1.165, 1.54) is 6.33 Å². The molecular formula is C16H15FN4. The summed E-state index contributed by atoms with van der Waals surface area (Å²) in [6, 6.07) is 13.1. The molecule has 0 amide bonds. The average molecular weight is 282 g/mol. The molecule has 21 heavy (non-hydrogen) atoms. The predicted octanol–water partition coefficient (Wildman–Crippen LogP) is 3.33. The van der Waals surface area contributed by atoms with Crippen molar-refractivity contribution in [3.8, 4) is 5.69 Å². The van der Waals surface area contributed by atoms with Gasteiger partial charge in [0.1, 0.15) is 18.5 Å². The lowest BCUT2D eigenvalue weighted by Gasteiger charge is -2.12. The maximum atomic E-state index is 13.6. The van der Waals surface area contributed by atoms with Crippen molar-refractivity contribution in [2.24, 2.45) is 0 Å². The predicted molar refractivity (Wildman–Crippen MR) is 79.8 cm³/mol. The first-order valence-electron chi connectivity index (χ1n) is 6.67.